The number of benzene rings is 2. The number of carbonyl (C=O) groups is 1. The number of carbonyl (C=O) groups excluding carboxylic acids is 1. The van der Waals surface area contributed by atoms with Gasteiger partial charge in [0.1, 0.15) is 5.75 Å². The summed E-state index contributed by atoms with van der Waals surface area (Å²) >= 11 is 0. The van der Waals surface area contributed by atoms with Crippen LogP contribution in [0.2, 0.25) is 0 Å². The Bertz CT molecular complexity index is 981. The fourth-order valence-corrected chi connectivity index (χ4v) is 5.24. The lowest BCUT2D eigenvalue weighted by Crippen LogP contribution is -2.28. The van der Waals surface area contributed by atoms with Gasteiger partial charge in [-0.3, -0.25) is 4.79 Å². The molecule has 162 valence electrons. The van der Waals surface area contributed by atoms with Gasteiger partial charge >= 0.3 is 0 Å². The van der Waals surface area contributed by atoms with E-state index in [-0.39, 0.29) is 17.2 Å². The van der Waals surface area contributed by atoms with E-state index in [9.17, 15) is 13.2 Å². The first-order valence-corrected chi connectivity index (χ1v) is 11.7. The summed E-state index contributed by atoms with van der Waals surface area (Å²) < 4.78 is 32.7. The van der Waals surface area contributed by atoms with Crippen LogP contribution in [0.1, 0.15) is 36.0 Å². The van der Waals surface area contributed by atoms with Gasteiger partial charge in [-0.1, -0.05) is 29.8 Å². The molecule has 1 fully saturated rings. The van der Waals surface area contributed by atoms with Gasteiger partial charge in [-0.2, -0.15) is 4.31 Å². The van der Waals surface area contributed by atoms with Crippen LogP contribution in [-0.4, -0.2) is 50.8 Å². The number of amides is 1. The molecule has 1 heterocycles. The lowest BCUT2D eigenvalue weighted by atomic mass is 10.1. The molecule has 1 aliphatic rings. The van der Waals surface area contributed by atoms with Crippen LogP contribution in [0.15, 0.2) is 47.4 Å². The van der Waals surface area contributed by atoms with Crippen LogP contribution >= 0.6 is 0 Å². The largest absolute Gasteiger partial charge is 0.496 e. The Labute approximate surface area is 179 Å². The molecule has 3 rings (SSSR count). The zero-order chi connectivity index (χ0) is 21.7. The lowest BCUT2D eigenvalue weighted by Gasteiger charge is -2.19. The maximum absolute atomic E-state index is 12.9. The van der Waals surface area contributed by atoms with Crippen LogP contribution in [0.4, 0.5) is 0 Å². The number of rotatable bonds is 8. The molecule has 1 amide bonds. The van der Waals surface area contributed by atoms with E-state index in [1.54, 1.807) is 37.3 Å². The highest BCUT2D eigenvalue weighted by molar-refractivity contribution is 7.89. The summed E-state index contributed by atoms with van der Waals surface area (Å²) in [6.07, 6.45) is 2.49. The van der Waals surface area contributed by atoms with Crippen LogP contribution in [-0.2, 0) is 27.8 Å². The van der Waals surface area contributed by atoms with Gasteiger partial charge in [-0.25, -0.2) is 8.42 Å². The predicted molar refractivity (Wildman–Crippen MR) is 117 cm³/mol. The van der Waals surface area contributed by atoms with E-state index >= 15 is 0 Å². The van der Waals surface area contributed by atoms with Crippen molar-refractivity contribution >= 4 is 15.9 Å². The Morgan fingerprint density at radius 2 is 1.77 bits per heavy atom. The zero-order valence-corrected chi connectivity index (χ0v) is 18.7. The Hall–Kier alpha value is -2.38. The summed E-state index contributed by atoms with van der Waals surface area (Å²) in [5, 5.41) is 0. The van der Waals surface area contributed by atoms with E-state index in [2.05, 4.69) is 0 Å². The highest BCUT2D eigenvalue weighted by Crippen LogP contribution is 2.27. The Morgan fingerprint density at radius 3 is 2.40 bits per heavy atom. The molecule has 0 aromatic heterocycles. The molecule has 2 aromatic carbocycles. The van der Waals surface area contributed by atoms with Gasteiger partial charge in [0.05, 0.1) is 12.0 Å². The van der Waals surface area contributed by atoms with E-state index in [4.69, 9.17) is 4.74 Å². The van der Waals surface area contributed by atoms with Crippen LogP contribution in [0.3, 0.4) is 0 Å². The molecule has 0 unspecified atom stereocenters. The Balaban J connectivity index is 1.69. The molecule has 0 spiro atoms. The first-order chi connectivity index (χ1) is 14.3. The molecule has 1 aliphatic heterocycles. The molecule has 6 nitrogen and oxygen atoms in total. The van der Waals surface area contributed by atoms with Gasteiger partial charge in [0.15, 0.2) is 0 Å². The second kappa shape index (κ2) is 9.62. The van der Waals surface area contributed by atoms with Gasteiger partial charge in [-0.15, -0.1) is 0 Å². The number of ether oxygens (including phenoxy) is 1. The van der Waals surface area contributed by atoms with Crippen molar-refractivity contribution < 1.29 is 17.9 Å². The maximum atomic E-state index is 12.9. The fraction of sp³-hybridized carbons (Fsp3) is 0.435. The molecule has 30 heavy (non-hydrogen) atoms. The van der Waals surface area contributed by atoms with Crippen molar-refractivity contribution in [1.29, 1.82) is 0 Å². The Morgan fingerprint density at radius 1 is 1.10 bits per heavy atom. The molecule has 2 aromatic rings. The molecular weight excluding hydrogens is 400 g/mol. The summed E-state index contributed by atoms with van der Waals surface area (Å²) in [4.78, 5) is 14.6. The summed E-state index contributed by atoms with van der Waals surface area (Å²) in [5.74, 6) is 0.606. The monoisotopic (exact) mass is 430 g/mol. The third kappa shape index (κ3) is 5.21. The minimum Gasteiger partial charge on any atom is -0.496 e. The SMILES string of the molecule is COc1ccc(S(=O)(=O)N2CCCC2)cc1CCC(=O)N(C)Cc1ccc(C)cc1. The predicted octanol–water partition coefficient (Wildman–Crippen LogP) is 3.38. The molecule has 0 saturated carbocycles. The normalized spacial score (nSPS) is 14.6. The molecule has 0 N–H and O–H groups in total. The second-order valence-electron chi connectivity index (χ2n) is 7.82. The smallest absolute Gasteiger partial charge is 0.243 e. The van der Waals surface area contributed by atoms with E-state index in [0.29, 0.717) is 31.8 Å². The lowest BCUT2D eigenvalue weighted by molar-refractivity contribution is -0.130. The van der Waals surface area contributed by atoms with Crippen molar-refractivity contribution in [2.45, 2.75) is 44.0 Å². The molecule has 7 heteroatoms. The van der Waals surface area contributed by atoms with Crippen LogP contribution in [0, 0.1) is 6.92 Å². The molecule has 0 bridgehead atoms. The Kier molecular flexibility index (Phi) is 7.15. The summed E-state index contributed by atoms with van der Waals surface area (Å²) in [5.41, 5.74) is 2.99. The number of aryl methyl sites for hydroxylation is 2. The van der Waals surface area contributed by atoms with Crippen molar-refractivity contribution in [1.82, 2.24) is 9.21 Å². The minimum absolute atomic E-state index is 0.00503. The van der Waals surface area contributed by atoms with Gasteiger partial charge < -0.3 is 9.64 Å². The molecule has 0 aliphatic carbocycles. The number of nitrogens with zero attached hydrogens (tertiary/aromatic N) is 2. The van der Waals surface area contributed by atoms with Gasteiger partial charge in [0, 0.05) is 33.1 Å². The van der Waals surface area contributed by atoms with E-state index in [1.165, 1.54) is 9.87 Å². The van der Waals surface area contributed by atoms with Gasteiger partial charge in [-0.05, 0) is 55.5 Å². The average molecular weight is 431 g/mol. The number of hydrogen-bond acceptors (Lipinski definition) is 4. The average Bonchev–Trinajstić information content (AvgIpc) is 3.29. The summed E-state index contributed by atoms with van der Waals surface area (Å²) in [6.45, 7) is 3.70. The molecular formula is C23H30N2O4S. The highest BCUT2D eigenvalue weighted by atomic mass is 32.2. The van der Waals surface area contributed by atoms with Crippen molar-refractivity contribution in [2.24, 2.45) is 0 Å². The van der Waals surface area contributed by atoms with Crippen molar-refractivity contribution in [3.63, 3.8) is 0 Å². The number of sulfonamides is 1. The quantitative estimate of drug-likeness (QED) is 0.644. The van der Waals surface area contributed by atoms with E-state index in [1.807, 2.05) is 31.2 Å². The second-order valence-corrected chi connectivity index (χ2v) is 9.76. The van der Waals surface area contributed by atoms with E-state index in [0.717, 1.165) is 24.0 Å². The fourth-order valence-electron chi connectivity index (χ4n) is 3.68. The maximum Gasteiger partial charge on any atom is 0.243 e. The minimum atomic E-state index is -3.50. The molecule has 1 saturated heterocycles. The summed E-state index contributed by atoms with van der Waals surface area (Å²) in [6, 6.07) is 13.0. The van der Waals surface area contributed by atoms with Gasteiger partial charge in [0.25, 0.3) is 0 Å². The standard InChI is InChI=1S/C23H30N2O4S/c1-18-6-8-19(9-7-18)17-24(2)23(26)13-10-20-16-21(11-12-22(20)29-3)30(27,28)25-14-4-5-15-25/h6-9,11-12,16H,4-5,10,13-15,17H2,1-3H3. The number of hydrogen-bond donors (Lipinski definition) is 0. The van der Waals surface area contributed by atoms with Gasteiger partial charge in [0.2, 0.25) is 15.9 Å². The van der Waals surface area contributed by atoms with Crippen molar-refractivity contribution in [3.05, 3.63) is 59.2 Å². The summed E-state index contributed by atoms with van der Waals surface area (Å²) in [7, 11) is -0.163. The van der Waals surface area contributed by atoms with Crippen molar-refractivity contribution in [3.8, 4) is 5.75 Å². The zero-order valence-electron chi connectivity index (χ0n) is 17.9. The number of methoxy groups -OCH3 is 1. The first kappa shape index (κ1) is 22.3. The van der Waals surface area contributed by atoms with Crippen LogP contribution in [0.25, 0.3) is 0 Å². The van der Waals surface area contributed by atoms with Crippen LogP contribution < -0.4 is 4.74 Å². The van der Waals surface area contributed by atoms with Crippen LogP contribution in [0.5, 0.6) is 5.75 Å². The van der Waals surface area contributed by atoms with Crippen molar-refractivity contribution in [2.75, 3.05) is 27.2 Å². The third-order valence-corrected chi connectivity index (χ3v) is 7.42. The highest BCUT2D eigenvalue weighted by Gasteiger charge is 2.27. The topological polar surface area (TPSA) is 66.9 Å². The molecule has 0 atom stereocenters. The first-order valence-electron chi connectivity index (χ1n) is 10.3. The van der Waals surface area contributed by atoms with E-state index < -0.39 is 10.0 Å². The molecule has 0 radical (unpaired) electrons. The third-order valence-electron chi connectivity index (χ3n) is 5.53.